The van der Waals surface area contributed by atoms with Gasteiger partial charge in [0.25, 0.3) is 0 Å². The number of nitrogens with one attached hydrogen (secondary N) is 1. The van der Waals surface area contributed by atoms with Gasteiger partial charge in [0.1, 0.15) is 25.1 Å². The van der Waals surface area contributed by atoms with Crippen molar-refractivity contribution >= 4 is 23.2 Å². The molecule has 0 saturated carbocycles. The lowest BCUT2D eigenvalue weighted by Gasteiger charge is -2.20. The zero-order valence-corrected chi connectivity index (χ0v) is 23.4. The zero-order chi connectivity index (χ0) is 27.6. The molecule has 0 radical (unpaired) electrons. The van der Waals surface area contributed by atoms with Gasteiger partial charge in [0, 0.05) is 17.3 Å². The fraction of sp³-hybridized carbons (Fsp3) is 0.290. The van der Waals surface area contributed by atoms with E-state index in [4.69, 9.17) is 30.5 Å². The van der Waals surface area contributed by atoms with Gasteiger partial charge in [-0.25, -0.2) is 0 Å². The Bertz CT molecular complexity index is 1330. The maximum absolute atomic E-state index is 6.32. The molecule has 0 bridgehead atoms. The van der Waals surface area contributed by atoms with E-state index in [9.17, 15) is 0 Å². The molecule has 7 nitrogen and oxygen atoms in total. The highest BCUT2D eigenvalue weighted by Crippen LogP contribution is 2.28. The Morgan fingerprint density at radius 2 is 1.56 bits per heavy atom. The van der Waals surface area contributed by atoms with E-state index in [1.165, 1.54) is 0 Å². The van der Waals surface area contributed by atoms with Gasteiger partial charge in [0.2, 0.25) is 17.7 Å². The van der Waals surface area contributed by atoms with Gasteiger partial charge >= 0.3 is 0 Å². The van der Waals surface area contributed by atoms with Crippen molar-refractivity contribution in [1.82, 2.24) is 9.97 Å². The van der Waals surface area contributed by atoms with Crippen molar-refractivity contribution < 1.29 is 18.9 Å². The molecule has 3 aromatic carbocycles. The third kappa shape index (κ3) is 8.34. The third-order valence-electron chi connectivity index (χ3n) is 5.92. The van der Waals surface area contributed by atoms with Crippen LogP contribution < -0.4 is 19.5 Å². The number of methoxy groups -OCH3 is 1. The lowest BCUT2D eigenvalue weighted by atomic mass is 10.1. The number of hydrogen-bond donors (Lipinski definition) is 1. The molecule has 0 aliphatic rings. The van der Waals surface area contributed by atoms with Crippen LogP contribution in [0.3, 0.4) is 0 Å². The van der Waals surface area contributed by atoms with Crippen LogP contribution in [0.15, 0.2) is 78.9 Å². The molecule has 0 spiro atoms. The van der Waals surface area contributed by atoms with Crippen LogP contribution in [0.4, 0.5) is 11.6 Å². The SMILES string of the molecule is COc1ccc(COc2cc(OCC(OCC(C)C)c3ccccc3)nc(Nc3cccc(Cl)c3C)n2)cc1. The summed E-state index contributed by atoms with van der Waals surface area (Å²) in [4.78, 5) is 9.17. The number of rotatable bonds is 13. The number of hydrogen-bond acceptors (Lipinski definition) is 7. The molecule has 8 heteroatoms. The molecule has 1 heterocycles. The first kappa shape index (κ1) is 28.2. The normalized spacial score (nSPS) is 11.7. The highest BCUT2D eigenvalue weighted by molar-refractivity contribution is 6.31. The molecule has 0 amide bonds. The molecule has 39 heavy (non-hydrogen) atoms. The summed E-state index contributed by atoms with van der Waals surface area (Å²) >= 11 is 6.32. The summed E-state index contributed by atoms with van der Waals surface area (Å²) in [6.07, 6.45) is -0.251. The van der Waals surface area contributed by atoms with Gasteiger partial charge in [-0.1, -0.05) is 74.0 Å². The van der Waals surface area contributed by atoms with Crippen molar-refractivity contribution in [1.29, 1.82) is 0 Å². The summed E-state index contributed by atoms with van der Waals surface area (Å²) in [5.74, 6) is 2.25. The fourth-order valence-electron chi connectivity index (χ4n) is 3.73. The van der Waals surface area contributed by atoms with Gasteiger partial charge in [-0.3, -0.25) is 0 Å². The number of anilines is 2. The number of benzene rings is 3. The molecular weight excluding hydrogens is 514 g/mol. The molecule has 1 unspecified atom stereocenters. The topological polar surface area (TPSA) is 74.7 Å². The first-order chi connectivity index (χ1) is 18.9. The van der Waals surface area contributed by atoms with Crippen LogP contribution in [0.1, 0.15) is 36.6 Å². The molecule has 4 aromatic rings. The van der Waals surface area contributed by atoms with E-state index in [1.807, 2.05) is 79.7 Å². The second-order valence-electron chi connectivity index (χ2n) is 9.48. The first-order valence-corrected chi connectivity index (χ1v) is 13.3. The van der Waals surface area contributed by atoms with E-state index in [2.05, 4.69) is 29.1 Å². The Labute approximate surface area is 235 Å². The predicted octanol–water partition coefficient (Wildman–Crippen LogP) is 7.56. The molecule has 204 valence electrons. The minimum absolute atomic E-state index is 0.251. The van der Waals surface area contributed by atoms with Crippen LogP contribution >= 0.6 is 11.6 Å². The summed E-state index contributed by atoms with van der Waals surface area (Å²) in [6.45, 7) is 7.39. The number of nitrogens with zero attached hydrogens (tertiary/aromatic N) is 2. The molecule has 0 aliphatic heterocycles. The smallest absolute Gasteiger partial charge is 0.233 e. The Hall–Kier alpha value is -3.81. The van der Waals surface area contributed by atoms with E-state index in [-0.39, 0.29) is 12.7 Å². The standard InChI is InChI=1S/C31H34ClN3O4/c1-21(2)18-37-28(24-9-6-5-7-10-24)20-39-30-17-29(38-19-23-13-15-25(36-4)16-14-23)34-31(35-30)33-27-12-8-11-26(32)22(27)3/h5-17,21,28H,18-20H2,1-4H3,(H,33,34,35). The minimum Gasteiger partial charge on any atom is -0.497 e. The monoisotopic (exact) mass is 547 g/mol. The largest absolute Gasteiger partial charge is 0.497 e. The Morgan fingerprint density at radius 1 is 0.846 bits per heavy atom. The van der Waals surface area contributed by atoms with E-state index >= 15 is 0 Å². The number of ether oxygens (including phenoxy) is 4. The van der Waals surface area contributed by atoms with E-state index in [0.717, 1.165) is 28.1 Å². The van der Waals surface area contributed by atoms with Gasteiger partial charge in [0.15, 0.2) is 0 Å². The molecule has 0 fully saturated rings. The molecule has 1 aromatic heterocycles. The zero-order valence-electron chi connectivity index (χ0n) is 22.7. The van der Waals surface area contributed by atoms with Crippen molar-refractivity contribution in [2.75, 3.05) is 25.6 Å². The van der Waals surface area contributed by atoms with Crippen molar-refractivity contribution in [2.45, 2.75) is 33.5 Å². The lowest BCUT2D eigenvalue weighted by Crippen LogP contribution is -2.17. The Morgan fingerprint density at radius 3 is 2.26 bits per heavy atom. The van der Waals surface area contributed by atoms with E-state index in [1.54, 1.807) is 13.2 Å². The molecule has 4 rings (SSSR count). The van der Waals surface area contributed by atoms with Crippen molar-refractivity contribution in [3.8, 4) is 17.5 Å². The summed E-state index contributed by atoms with van der Waals surface area (Å²) in [6, 6.07) is 25.0. The van der Waals surface area contributed by atoms with Crippen molar-refractivity contribution in [3.05, 3.63) is 101 Å². The first-order valence-electron chi connectivity index (χ1n) is 12.9. The van der Waals surface area contributed by atoms with E-state index < -0.39 is 0 Å². The summed E-state index contributed by atoms with van der Waals surface area (Å²) in [5.41, 5.74) is 3.70. The lowest BCUT2D eigenvalue weighted by molar-refractivity contribution is 0.00438. The quantitative estimate of drug-likeness (QED) is 0.185. The van der Waals surface area contributed by atoms with Crippen LogP contribution in [0.5, 0.6) is 17.5 Å². The van der Waals surface area contributed by atoms with Gasteiger partial charge in [0.05, 0.1) is 13.2 Å². The van der Waals surface area contributed by atoms with Crippen LogP contribution in [0, 0.1) is 12.8 Å². The Balaban J connectivity index is 1.56. The number of aromatic nitrogens is 2. The summed E-state index contributed by atoms with van der Waals surface area (Å²) in [5, 5.41) is 3.90. The maximum atomic E-state index is 6.32. The molecule has 1 atom stereocenters. The van der Waals surface area contributed by atoms with Crippen LogP contribution in [-0.4, -0.2) is 30.3 Å². The van der Waals surface area contributed by atoms with Crippen molar-refractivity contribution in [3.63, 3.8) is 0 Å². The summed E-state index contributed by atoms with van der Waals surface area (Å²) < 4.78 is 23.6. The highest BCUT2D eigenvalue weighted by atomic mass is 35.5. The average Bonchev–Trinajstić information content (AvgIpc) is 2.95. The van der Waals surface area contributed by atoms with Gasteiger partial charge < -0.3 is 24.3 Å². The van der Waals surface area contributed by atoms with Gasteiger partial charge in [-0.2, -0.15) is 9.97 Å². The molecular formula is C31H34ClN3O4. The maximum Gasteiger partial charge on any atom is 0.233 e. The van der Waals surface area contributed by atoms with Crippen molar-refractivity contribution in [2.24, 2.45) is 5.92 Å². The van der Waals surface area contributed by atoms with Crippen LogP contribution in [0.25, 0.3) is 0 Å². The second kappa shape index (κ2) is 13.8. The Kier molecular flexibility index (Phi) is 10.00. The van der Waals surface area contributed by atoms with Crippen LogP contribution in [-0.2, 0) is 11.3 Å². The molecule has 0 aliphatic carbocycles. The van der Waals surface area contributed by atoms with Gasteiger partial charge in [-0.15, -0.1) is 0 Å². The summed E-state index contributed by atoms with van der Waals surface area (Å²) in [7, 11) is 1.64. The van der Waals surface area contributed by atoms with Crippen LogP contribution in [0.2, 0.25) is 5.02 Å². The molecule has 0 saturated heterocycles. The predicted molar refractivity (Wildman–Crippen MR) is 154 cm³/mol. The minimum atomic E-state index is -0.251. The number of halogens is 1. The van der Waals surface area contributed by atoms with Gasteiger partial charge in [-0.05, 0) is 53.8 Å². The average molecular weight is 548 g/mol. The van der Waals surface area contributed by atoms with E-state index in [0.29, 0.717) is 41.9 Å². The highest BCUT2D eigenvalue weighted by Gasteiger charge is 2.16. The second-order valence-corrected chi connectivity index (χ2v) is 9.89. The fourth-order valence-corrected chi connectivity index (χ4v) is 3.90. The third-order valence-corrected chi connectivity index (χ3v) is 6.33. The molecule has 1 N–H and O–H groups in total.